The first-order valence-corrected chi connectivity index (χ1v) is 13.1. The van der Waals surface area contributed by atoms with Crippen LogP contribution in [-0.2, 0) is 16.2 Å². The van der Waals surface area contributed by atoms with Gasteiger partial charge in [-0.15, -0.1) is 0 Å². The number of carbonyl (C=O) groups excluding carboxylic acids is 3. The maximum Gasteiger partial charge on any atom is 0.294 e. The summed E-state index contributed by atoms with van der Waals surface area (Å²) >= 11 is 0.781. The average molecular weight is 542 g/mol. The molecule has 0 atom stereocenters. The molecule has 3 aromatic rings. The van der Waals surface area contributed by atoms with E-state index in [9.17, 15) is 19.6 Å². The zero-order valence-corrected chi connectivity index (χ0v) is 22.6. The Morgan fingerprint density at radius 1 is 1.05 bits per heavy atom. The van der Waals surface area contributed by atoms with E-state index in [-0.39, 0.29) is 18.1 Å². The summed E-state index contributed by atoms with van der Waals surface area (Å²) in [6.45, 7) is 5.83. The fraction of sp³-hybridized carbons (Fsp3) is 0.200. The monoisotopic (exact) mass is 541 g/mol. The van der Waals surface area contributed by atoms with E-state index in [1.54, 1.807) is 36.4 Å². The van der Waals surface area contributed by atoms with Crippen molar-refractivity contribution in [2.45, 2.75) is 27.4 Å². The van der Waals surface area contributed by atoms with Crippen LogP contribution in [0.3, 0.4) is 0 Å². The average Bonchev–Trinajstić information content (AvgIpc) is 3.17. The van der Waals surface area contributed by atoms with Gasteiger partial charge in [0.2, 0.25) is 5.91 Å². The second-order valence-corrected chi connectivity index (χ2v) is 9.82. The number of thioether (sulfide) groups is 1. The van der Waals surface area contributed by atoms with Crippen molar-refractivity contribution in [2.75, 3.05) is 18.5 Å². The molecule has 0 radical (unpaired) electrons. The second kappa shape index (κ2) is 12.3. The second-order valence-electron chi connectivity index (χ2n) is 8.83. The third-order valence-corrected chi connectivity index (χ3v) is 6.84. The van der Waals surface area contributed by atoms with Crippen LogP contribution in [-0.4, -0.2) is 35.1 Å². The zero-order valence-electron chi connectivity index (χ0n) is 21.8. The van der Waals surface area contributed by atoms with E-state index >= 15 is 0 Å². The van der Waals surface area contributed by atoms with E-state index in [2.05, 4.69) is 11.4 Å². The van der Waals surface area contributed by atoms with E-state index < -0.39 is 17.1 Å². The van der Waals surface area contributed by atoms with Crippen LogP contribution in [0.1, 0.15) is 34.7 Å². The van der Waals surface area contributed by atoms with Crippen LogP contribution in [0.5, 0.6) is 11.5 Å². The van der Waals surface area contributed by atoms with Crippen LogP contribution in [0.25, 0.3) is 6.08 Å². The normalized spacial score (nSPS) is 13.9. The maximum absolute atomic E-state index is 13.0. The zero-order chi connectivity index (χ0) is 27.9. The number of nitrogens with one attached hydrogen (secondary N) is 1. The largest absolute Gasteiger partial charge is 0.490 e. The first-order valence-electron chi connectivity index (χ1n) is 12.3. The highest BCUT2D eigenvalue weighted by atomic mass is 32.2. The standard InChI is InChI=1S/C30H27N3O5S/c1-4-37-26-14-21(11-12-25(26)38-18-23-8-6-5-7-22(23)16-31)15-27-29(35)33(30(36)39-27)17-28(34)32-24-13-19(2)9-10-20(24)3/h5-15H,4,17-18H2,1-3H3,(H,32,34)/b27-15+. The molecule has 8 nitrogen and oxygen atoms in total. The maximum atomic E-state index is 13.0. The van der Waals surface area contributed by atoms with Gasteiger partial charge in [-0.2, -0.15) is 5.26 Å². The molecular formula is C30H27N3O5S. The van der Waals surface area contributed by atoms with Crippen LogP contribution in [0.2, 0.25) is 0 Å². The van der Waals surface area contributed by atoms with Crippen molar-refractivity contribution in [3.8, 4) is 17.6 Å². The summed E-state index contributed by atoms with van der Waals surface area (Å²) in [5.41, 5.74) is 4.43. The number of nitriles is 1. The number of anilines is 1. The lowest BCUT2D eigenvalue weighted by molar-refractivity contribution is -0.127. The first-order chi connectivity index (χ1) is 18.8. The van der Waals surface area contributed by atoms with Crippen molar-refractivity contribution < 1.29 is 23.9 Å². The molecule has 0 aromatic heterocycles. The number of hydrogen-bond donors (Lipinski definition) is 1. The van der Waals surface area contributed by atoms with E-state index in [0.29, 0.717) is 34.9 Å². The van der Waals surface area contributed by atoms with Gasteiger partial charge in [0.05, 0.1) is 23.1 Å². The first kappa shape index (κ1) is 27.5. The summed E-state index contributed by atoms with van der Waals surface area (Å²) in [5, 5.41) is 11.6. The Labute approximate surface area is 231 Å². The van der Waals surface area contributed by atoms with Gasteiger partial charge < -0.3 is 14.8 Å². The van der Waals surface area contributed by atoms with Gasteiger partial charge in [0.25, 0.3) is 11.1 Å². The highest BCUT2D eigenvalue weighted by molar-refractivity contribution is 8.18. The Kier molecular flexibility index (Phi) is 8.69. The number of amides is 3. The van der Waals surface area contributed by atoms with E-state index in [1.807, 2.05) is 51.1 Å². The quantitative estimate of drug-likeness (QED) is 0.340. The minimum Gasteiger partial charge on any atom is -0.490 e. The molecule has 1 N–H and O–H groups in total. The third-order valence-electron chi connectivity index (χ3n) is 5.93. The molecule has 4 rings (SSSR count). The number of hydrogen-bond acceptors (Lipinski definition) is 7. The molecule has 1 saturated heterocycles. The molecule has 198 valence electrons. The number of nitrogens with zero attached hydrogens (tertiary/aromatic N) is 2. The highest BCUT2D eigenvalue weighted by Crippen LogP contribution is 2.35. The number of ether oxygens (including phenoxy) is 2. The Morgan fingerprint density at radius 3 is 2.62 bits per heavy atom. The van der Waals surface area contributed by atoms with Crippen molar-refractivity contribution in [3.05, 3.63) is 93.4 Å². The number of benzene rings is 3. The van der Waals surface area contributed by atoms with Crippen molar-refractivity contribution in [1.82, 2.24) is 4.90 Å². The molecule has 3 aromatic carbocycles. The van der Waals surface area contributed by atoms with Crippen molar-refractivity contribution in [2.24, 2.45) is 0 Å². The van der Waals surface area contributed by atoms with Gasteiger partial charge in [-0.1, -0.05) is 36.4 Å². The van der Waals surface area contributed by atoms with Crippen LogP contribution in [0, 0.1) is 25.2 Å². The molecule has 9 heteroatoms. The molecule has 0 saturated carbocycles. The van der Waals surface area contributed by atoms with Gasteiger partial charge in [-0.25, -0.2) is 0 Å². The smallest absolute Gasteiger partial charge is 0.294 e. The van der Waals surface area contributed by atoms with Gasteiger partial charge in [-0.05, 0) is 79.6 Å². The van der Waals surface area contributed by atoms with Crippen LogP contribution >= 0.6 is 11.8 Å². The molecule has 0 bridgehead atoms. The molecule has 1 aliphatic rings. The predicted molar refractivity (Wildman–Crippen MR) is 150 cm³/mol. The van der Waals surface area contributed by atoms with Crippen molar-refractivity contribution in [3.63, 3.8) is 0 Å². The summed E-state index contributed by atoms with van der Waals surface area (Å²) in [5.74, 6) is -0.0383. The van der Waals surface area contributed by atoms with Gasteiger partial charge in [-0.3, -0.25) is 19.3 Å². The lowest BCUT2D eigenvalue weighted by Crippen LogP contribution is -2.36. The van der Waals surface area contributed by atoms with Gasteiger partial charge in [0.1, 0.15) is 13.2 Å². The summed E-state index contributed by atoms with van der Waals surface area (Å²) < 4.78 is 11.7. The summed E-state index contributed by atoms with van der Waals surface area (Å²) in [6, 6.07) is 20.2. The van der Waals surface area contributed by atoms with Crippen molar-refractivity contribution in [1.29, 1.82) is 5.26 Å². The predicted octanol–water partition coefficient (Wildman–Crippen LogP) is 5.83. The fourth-order valence-electron chi connectivity index (χ4n) is 3.90. The summed E-state index contributed by atoms with van der Waals surface area (Å²) in [4.78, 5) is 39.3. The SMILES string of the molecule is CCOc1cc(/C=C2/SC(=O)N(CC(=O)Nc3cc(C)ccc3C)C2=O)ccc1OCc1ccccc1C#N. The Bertz CT molecular complexity index is 1510. The van der Waals surface area contributed by atoms with Crippen LogP contribution in [0.15, 0.2) is 65.6 Å². The Hall–Kier alpha value is -4.55. The molecule has 39 heavy (non-hydrogen) atoms. The topological polar surface area (TPSA) is 109 Å². The van der Waals surface area contributed by atoms with Gasteiger partial charge >= 0.3 is 0 Å². The van der Waals surface area contributed by atoms with E-state index in [1.165, 1.54) is 0 Å². The van der Waals surface area contributed by atoms with E-state index in [0.717, 1.165) is 33.4 Å². The summed E-state index contributed by atoms with van der Waals surface area (Å²) in [7, 11) is 0. The number of rotatable bonds is 9. The molecule has 3 amide bonds. The molecule has 0 aliphatic carbocycles. The number of aryl methyl sites for hydroxylation is 2. The van der Waals surface area contributed by atoms with Gasteiger partial charge in [0.15, 0.2) is 11.5 Å². The lowest BCUT2D eigenvalue weighted by Gasteiger charge is -2.14. The molecule has 1 heterocycles. The molecule has 1 aliphatic heterocycles. The minimum absolute atomic E-state index is 0.187. The highest BCUT2D eigenvalue weighted by Gasteiger charge is 2.36. The Balaban J connectivity index is 1.47. The Morgan fingerprint density at radius 2 is 1.85 bits per heavy atom. The van der Waals surface area contributed by atoms with Gasteiger partial charge in [0, 0.05) is 11.3 Å². The minimum atomic E-state index is -0.535. The number of carbonyl (C=O) groups is 3. The van der Waals surface area contributed by atoms with Crippen LogP contribution < -0.4 is 14.8 Å². The number of imide groups is 1. The fourth-order valence-corrected chi connectivity index (χ4v) is 4.74. The molecular weight excluding hydrogens is 514 g/mol. The summed E-state index contributed by atoms with van der Waals surface area (Å²) in [6.07, 6.45) is 1.59. The van der Waals surface area contributed by atoms with Crippen molar-refractivity contribution >= 4 is 40.6 Å². The van der Waals surface area contributed by atoms with E-state index in [4.69, 9.17) is 9.47 Å². The third kappa shape index (κ3) is 6.67. The lowest BCUT2D eigenvalue weighted by atomic mass is 10.1. The molecule has 0 unspecified atom stereocenters. The molecule has 1 fully saturated rings. The molecule has 0 spiro atoms. The van der Waals surface area contributed by atoms with Crippen LogP contribution in [0.4, 0.5) is 10.5 Å².